The molecule has 1 atom stereocenters. The first-order chi connectivity index (χ1) is 10.2. The van der Waals surface area contributed by atoms with Gasteiger partial charge in [0.25, 0.3) is 0 Å². The van der Waals surface area contributed by atoms with Gasteiger partial charge in [-0.1, -0.05) is 24.3 Å². The lowest BCUT2D eigenvalue weighted by molar-refractivity contribution is 0.359. The fourth-order valence-corrected chi connectivity index (χ4v) is 3.50. The molecule has 0 radical (unpaired) electrons. The highest BCUT2D eigenvalue weighted by Crippen LogP contribution is 2.29. The maximum atomic E-state index is 5.85. The summed E-state index contributed by atoms with van der Waals surface area (Å²) in [5, 5.41) is 4.53. The van der Waals surface area contributed by atoms with E-state index in [1.54, 1.807) is 0 Å². The molecule has 3 N–H and O–H groups in total. The van der Waals surface area contributed by atoms with E-state index in [0.717, 1.165) is 31.5 Å². The Bertz CT molecular complexity index is 592. The minimum Gasteiger partial charge on any atom is -0.271 e. The van der Waals surface area contributed by atoms with E-state index in [2.05, 4.69) is 52.5 Å². The van der Waals surface area contributed by atoms with Gasteiger partial charge in [0.15, 0.2) is 0 Å². The van der Waals surface area contributed by atoms with Gasteiger partial charge in [0.05, 0.1) is 5.69 Å². The molecule has 1 aliphatic rings. The molecule has 1 aliphatic carbocycles. The van der Waals surface area contributed by atoms with Crippen LogP contribution in [0.4, 0.5) is 0 Å². The highest BCUT2D eigenvalue weighted by atomic mass is 15.3. The van der Waals surface area contributed by atoms with E-state index in [4.69, 9.17) is 5.84 Å². The zero-order valence-electron chi connectivity index (χ0n) is 12.8. The first-order valence-corrected chi connectivity index (χ1v) is 7.77. The normalized spacial score (nSPS) is 16.1. The van der Waals surface area contributed by atoms with Crippen molar-refractivity contribution >= 4 is 0 Å². The molecule has 0 amide bonds. The van der Waals surface area contributed by atoms with Crippen molar-refractivity contribution in [2.75, 3.05) is 0 Å². The van der Waals surface area contributed by atoms with Gasteiger partial charge in [-0.2, -0.15) is 5.10 Å². The van der Waals surface area contributed by atoms with Crippen LogP contribution in [0.25, 0.3) is 0 Å². The Morgan fingerprint density at radius 3 is 2.57 bits per heavy atom. The third kappa shape index (κ3) is 2.87. The number of aromatic nitrogens is 2. The second-order valence-electron chi connectivity index (χ2n) is 6.01. The molecule has 4 heteroatoms. The second kappa shape index (κ2) is 6.00. The number of nitrogens with one attached hydrogen (secondary N) is 1. The summed E-state index contributed by atoms with van der Waals surface area (Å²) in [6.45, 7) is 5.09. The van der Waals surface area contributed by atoms with E-state index < -0.39 is 0 Å². The molecule has 0 bridgehead atoms. The second-order valence-corrected chi connectivity index (χ2v) is 6.01. The lowest BCUT2D eigenvalue weighted by atomic mass is 9.93. The lowest BCUT2D eigenvalue weighted by Gasteiger charge is -2.22. The van der Waals surface area contributed by atoms with E-state index in [0.29, 0.717) is 12.0 Å². The molecule has 1 aromatic carbocycles. The standard InChI is InChI=1S/C17H24N4/c1-3-21-16(8-12(2)20-21)11-17(19-18)15-9-13-6-4-5-7-14(13)10-15/h4-8,15,17,19H,3,9-11,18H2,1-2H3. The minimum absolute atomic E-state index is 0.291. The van der Waals surface area contributed by atoms with Crippen LogP contribution in [0.15, 0.2) is 30.3 Å². The number of rotatable bonds is 5. The van der Waals surface area contributed by atoms with Crippen molar-refractivity contribution in [3.05, 3.63) is 52.8 Å². The number of aryl methyl sites for hydroxylation is 2. The predicted octanol–water partition coefficient (Wildman–Crippen LogP) is 2.00. The smallest absolute Gasteiger partial charge is 0.0596 e. The Kier molecular flexibility index (Phi) is 4.08. The van der Waals surface area contributed by atoms with Crippen LogP contribution in [0, 0.1) is 12.8 Å². The highest BCUT2D eigenvalue weighted by molar-refractivity contribution is 5.32. The van der Waals surface area contributed by atoms with Crippen molar-refractivity contribution in [1.29, 1.82) is 0 Å². The minimum atomic E-state index is 0.291. The molecule has 0 fully saturated rings. The molecule has 0 saturated carbocycles. The van der Waals surface area contributed by atoms with Gasteiger partial charge in [-0.3, -0.25) is 16.0 Å². The van der Waals surface area contributed by atoms with Crippen LogP contribution < -0.4 is 11.3 Å². The van der Waals surface area contributed by atoms with Gasteiger partial charge >= 0.3 is 0 Å². The van der Waals surface area contributed by atoms with Gasteiger partial charge in [-0.05, 0) is 49.8 Å². The van der Waals surface area contributed by atoms with Crippen LogP contribution in [0.1, 0.15) is 29.4 Å². The van der Waals surface area contributed by atoms with Gasteiger partial charge in [-0.25, -0.2) is 0 Å². The molecule has 0 aliphatic heterocycles. The zero-order valence-corrected chi connectivity index (χ0v) is 12.8. The van der Waals surface area contributed by atoms with Crippen LogP contribution in [-0.2, 0) is 25.8 Å². The Morgan fingerprint density at radius 1 is 1.33 bits per heavy atom. The van der Waals surface area contributed by atoms with Gasteiger partial charge in [0, 0.05) is 24.7 Å². The third-order valence-corrected chi connectivity index (χ3v) is 4.58. The van der Waals surface area contributed by atoms with Crippen molar-refractivity contribution in [3.8, 4) is 0 Å². The molecule has 0 spiro atoms. The Labute approximate surface area is 126 Å². The number of hydrazine groups is 1. The molecule has 1 aromatic heterocycles. The maximum absolute atomic E-state index is 5.85. The Morgan fingerprint density at radius 2 is 2.00 bits per heavy atom. The summed E-state index contributed by atoms with van der Waals surface area (Å²) in [6.07, 6.45) is 3.17. The number of hydrogen-bond donors (Lipinski definition) is 2. The summed E-state index contributed by atoms with van der Waals surface area (Å²) in [6, 6.07) is 11.2. The molecular formula is C17H24N4. The van der Waals surface area contributed by atoms with Crippen molar-refractivity contribution in [2.24, 2.45) is 11.8 Å². The summed E-state index contributed by atoms with van der Waals surface area (Å²) in [5.41, 5.74) is 8.35. The fraction of sp³-hybridized carbons (Fsp3) is 0.471. The monoisotopic (exact) mass is 284 g/mol. The van der Waals surface area contributed by atoms with Crippen molar-refractivity contribution in [2.45, 2.75) is 45.7 Å². The van der Waals surface area contributed by atoms with Crippen LogP contribution in [-0.4, -0.2) is 15.8 Å². The Balaban J connectivity index is 1.75. The van der Waals surface area contributed by atoms with Crippen LogP contribution in [0.5, 0.6) is 0 Å². The molecule has 1 unspecified atom stereocenters. The Hall–Kier alpha value is -1.65. The first-order valence-electron chi connectivity index (χ1n) is 7.77. The average molecular weight is 284 g/mol. The summed E-state index contributed by atoms with van der Waals surface area (Å²) in [7, 11) is 0. The number of hydrogen-bond acceptors (Lipinski definition) is 3. The molecule has 112 valence electrons. The quantitative estimate of drug-likeness (QED) is 0.652. The van der Waals surface area contributed by atoms with E-state index in [9.17, 15) is 0 Å². The topological polar surface area (TPSA) is 55.9 Å². The van der Waals surface area contributed by atoms with Gasteiger partial charge in [-0.15, -0.1) is 0 Å². The van der Waals surface area contributed by atoms with Gasteiger partial charge < -0.3 is 0 Å². The molecular weight excluding hydrogens is 260 g/mol. The predicted molar refractivity (Wildman–Crippen MR) is 84.8 cm³/mol. The summed E-state index contributed by atoms with van der Waals surface area (Å²) in [5.74, 6) is 6.42. The van der Waals surface area contributed by atoms with E-state index in [1.165, 1.54) is 16.8 Å². The first kappa shape index (κ1) is 14.3. The van der Waals surface area contributed by atoms with Crippen LogP contribution in [0.2, 0.25) is 0 Å². The zero-order chi connectivity index (χ0) is 14.8. The summed E-state index contributed by atoms with van der Waals surface area (Å²) in [4.78, 5) is 0. The molecule has 1 heterocycles. The highest BCUT2D eigenvalue weighted by Gasteiger charge is 2.28. The number of nitrogens with two attached hydrogens (primary N) is 1. The molecule has 2 aromatic rings. The largest absolute Gasteiger partial charge is 0.271 e. The summed E-state index contributed by atoms with van der Waals surface area (Å²) >= 11 is 0. The van der Waals surface area contributed by atoms with Crippen molar-refractivity contribution in [3.63, 3.8) is 0 Å². The van der Waals surface area contributed by atoms with E-state index in [1.807, 2.05) is 6.92 Å². The van der Waals surface area contributed by atoms with Crippen LogP contribution in [0.3, 0.4) is 0 Å². The van der Waals surface area contributed by atoms with Gasteiger partial charge in [0.1, 0.15) is 0 Å². The van der Waals surface area contributed by atoms with E-state index in [-0.39, 0.29) is 0 Å². The third-order valence-electron chi connectivity index (χ3n) is 4.58. The van der Waals surface area contributed by atoms with Crippen molar-refractivity contribution < 1.29 is 0 Å². The van der Waals surface area contributed by atoms with Gasteiger partial charge in [0.2, 0.25) is 0 Å². The lowest BCUT2D eigenvalue weighted by Crippen LogP contribution is -2.43. The fourth-order valence-electron chi connectivity index (χ4n) is 3.50. The van der Waals surface area contributed by atoms with Crippen molar-refractivity contribution in [1.82, 2.24) is 15.2 Å². The number of benzene rings is 1. The SMILES string of the molecule is CCn1nc(C)cc1CC(NN)C1Cc2ccccc2C1. The molecule has 3 rings (SSSR count). The number of nitrogens with zero attached hydrogens (tertiary/aromatic N) is 2. The average Bonchev–Trinajstić information content (AvgIpc) is 3.07. The molecule has 0 saturated heterocycles. The molecule has 21 heavy (non-hydrogen) atoms. The summed E-state index contributed by atoms with van der Waals surface area (Å²) < 4.78 is 2.09. The van der Waals surface area contributed by atoms with Crippen LogP contribution >= 0.6 is 0 Å². The number of fused-ring (bicyclic) bond motifs is 1. The molecule has 4 nitrogen and oxygen atoms in total. The maximum Gasteiger partial charge on any atom is 0.0596 e. The van der Waals surface area contributed by atoms with E-state index >= 15 is 0 Å².